The van der Waals surface area contributed by atoms with Crippen LogP contribution in [0.2, 0.25) is 0 Å². The van der Waals surface area contributed by atoms with Crippen molar-refractivity contribution in [3.05, 3.63) is 65.7 Å². The van der Waals surface area contributed by atoms with Gasteiger partial charge in [0, 0.05) is 37.9 Å². The summed E-state index contributed by atoms with van der Waals surface area (Å²) in [6, 6.07) is 19.6. The molecule has 0 radical (unpaired) electrons. The van der Waals surface area contributed by atoms with Crippen molar-refractivity contribution < 1.29 is 0 Å². The third kappa shape index (κ3) is 3.38. The van der Waals surface area contributed by atoms with Crippen LogP contribution in [0.15, 0.2) is 54.6 Å². The highest BCUT2D eigenvalue weighted by molar-refractivity contribution is 5.45. The maximum absolute atomic E-state index is 3.53. The van der Waals surface area contributed by atoms with Gasteiger partial charge in [-0.15, -0.1) is 0 Å². The fourth-order valence-corrected chi connectivity index (χ4v) is 2.52. The Morgan fingerprint density at radius 2 is 1.75 bits per heavy atom. The van der Waals surface area contributed by atoms with Crippen LogP contribution in [-0.2, 0) is 6.54 Å². The largest absolute Gasteiger partial charge is 0.381 e. The van der Waals surface area contributed by atoms with Gasteiger partial charge in [0.15, 0.2) is 0 Å². The van der Waals surface area contributed by atoms with Crippen molar-refractivity contribution in [1.82, 2.24) is 10.6 Å². The summed E-state index contributed by atoms with van der Waals surface area (Å²) in [4.78, 5) is 0. The summed E-state index contributed by atoms with van der Waals surface area (Å²) in [5.74, 6) is 0. The fraction of sp³-hybridized carbons (Fsp3) is 0.294. The third-order valence-corrected chi connectivity index (χ3v) is 3.69. The molecule has 1 aliphatic heterocycles. The van der Waals surface area contributed by atoms with Gasteiger partial charge in [0.25, 0.3) is 0 Å². The zero-order valence-electron chi connectivity index (χ0n) is 11.6. The molecule has 0 spiro atoms. The molecule has 0 amide bonds. The predicted molar refractivity (Wildman–Crippen MR) is 83.8 cm³/mol. The van der Waals surface area contributed by atoms with Gasteiger partial charge in [0.05, 0.1) is 0 Å². The van der Waals surface area contributed by atoms with E-state index in [-0.39, 0.29) is 0 Å². The molecule has 20 heavy (non-hydrogen) atoms. The molecular weight excluding hydrogens is 246 g/mol. The molecule has 3 N–H and O–H groups in total. The normalized spacial score (nSPS) is 18.7. The van der Waals surface area contributed by atoms with Gasteiger partial charge in [-0.3, -0.25) is 0 Å². The van der Waals surface area contributed by atoms with E-state index in [9.17, 15) is 0 Å². The van der Waals surface area contributed by atoms with Crippen LogP contribution in [-0.4, -0.2) is 19.6 Å². The van der Waals surface area contributed by atoms with Gasteiger partial charge in [0.2, 0.25) is 0 Å². The smallest absolute Gasteiger partial charge is 0.0447 e. The van der Waals surface area contributed by atoms with E-state index in [1.165, 1.54) is 16.8 Å². The lowest BCUT2D eigenvalue weighted by Crippen LogP contribution is -2.42. The van der Waals surface area contributed by atoms with Gasteiger partial charge in [-0.2, -0.15) is 0 Å². The van der Waals surface area contributed by atoms with Crippen LogP contribution in [0.4, 0.5) is 5.69 Å². The summed E-state index contributed by atoms with van der Waals surface area (Å²) >= 11 is 0. The summed E-state index contributed by atoms with van der Waals surface area (Å²) in [5.41, 5.74) is 3.82. The molecule has 1 heterocycles. The molecule has 1 aliphatic rings. The van der Waals surface area contributed by atoms with Gasteiger partial charge < -0.3 is 16.0 Å². The highest BCUT2D eigenvalue weighted by atomic mass is 15.1. The van der Waals surface area contributed by atoms with Crippen LogP contribution in [0, 0.1) is 0 Å². The van der Waals surface area contributed by atoms with Gasteiger partial charge in [-0.05, 0) is 23.3 Å². The number of anilines is 1. The maximum Gasteiger partial charge on any atom is 0.0447 e. The van der Waals surface area contributed by atoms with E-state index in [1.807, 2.05) is 6.07 Å². The highest BCUT2D eigenvalue weighted by Crippen LogP contribution is 2.17. The number of nitrogens with one attached hydrogen (secondary N) is 3. The SMILES string of the molecule is c1ccc(CNc2ccc([C@@H]3CNCCN3)cc2)cc1. The van der Waals surface area contributed by atoms with Crippen molar-refractivity contribution in [2.75, 3.05) is 25.0 Å². The van der Waals surface area contributed by atoms with E-state index in [4.69, 9.17) is 0 Å². The first-order valence-electron chi connectivity index (χ1n) is 7.24. The minimum absolute atomic E-state index is 0.437. The van der Waals surface area contributed by atoms with E-state index in [2.05, 4.69) is 64.5 Å². The lowest BCUT2D eigenvalue weighted by molar-refractivity contribution is 0.430. The second-order valence-corrected chi connectivity index (χ2v) is 5.17. The van der Waals surface area contributed by atoms with Crippen molar-refractivity contribution in [3.8, 4) is 0 Å². The van der Waals surface area contributed by atoms with Gasteiger partial charge in [-0.25, -0.2) is 0 Å². The lowest BCUT2D eigenvalue weighted by atomic mass is 10.1. The molecule has 1 atom stereocenters. The molecule has 1 saturated heterocycles. The average molecular weight is 267 g/mol. The topological polar surface area (TPSA) is 36.1 Å². The van der Waals surface area contributed by atoms with Crippen molar-refractivity contribution in [3.63, 3.8) is 0 Å². The molecule has 0 bridgehead atoms. The van der Waals surface area contributed by atoms with Gasteiger partial charge in [0.1, 0.15) is 0 Å². The first-order chi connectivity index (χ1) is 9.92. The molecule has 0 saturated carbocycles. The molecule has 3 heteroatoms. The lowest BCUT2D eigenvalue weighted by Gasteiger charge is -2.25. The number of hydrogen-bond donors (Lipinski definition) is 3. The summed E-state index contributed by atoms with van der Waals surface area (Å²) < 4.78 is 0. The van der Waals surface area contributed by atoms with Crippen LogP contribution in [0.25, 0.3) is 0 Å². The zero-order valence-corrected chi connectivity index (χ0v) is 11.6. The van der Waals surface area contributed by atoms with Crippen molar-refractivity contribution in [2.45, 2.75) is 12.6 Å². The van der Waals surface area contributed by atoms with Crippen molar-refractivity contribution in [1.29, 1.82) is 0 Å². The average Bonchev–Trinajstić information content (AvgIpc) is 2.55. The minimum atomic E-state index is 0.437. The van der Waals surface area contributed by atoms with Crippen LogP contribution >= 0.6 is 0 Å². The Hall–Kier alpha value is -1.84. The van der Waals surface area contributed by atoms with Crippen molar-refractivity contribution >= 4 is 5.69 Å². The van der Waals surface area contributed by atoms with E-state index in [1.54, 1.807) is 0 Å². The maximum atomic E-state index is 3.53. The standard InChI is InChI=1S/C17H21N3/c1-2-4-14(5-3-1)12-20-16-8-6-15(7-9-16)17-13-18-10-11-19-17/h1-9,17-20H,10-13H2/t17-/m0/s1. The zero-order chi connectivity index (χ0) is 13.6. The van der Waals surface area contributed by atoms with Crippen LogP contribution in [0.5, 0.6) is 0 Å². The molecular formula is C17H21N3. The Balaban J connectivity index is 1.58. The van der Waals surface area contributed by atoms with Crippen LogP contribution in [0.1, 0.15) is 17.2 Å². The molecule has 0 aromatic heterocycles. The van der Waals surface area contributed by atoms with Crippen LogP contribution < -0.4 is 16.0 Å². The van der Waals surface area contributed by atoms with E-state index < -0.39 is 0 Å². The van der Waals surface area contributed by atoms with E-state index in [0.717, 1.165) is 26.2 Å². The first kappa shape index (κ1) is 13.2. The number of benzene rings is 2. The Bertz CT molecular complexity index is 516. The predicted octanol–water partition coefficient (Wildman–Crippen LogP) is 2.53. The van der Waals surface area contributed by atoms with E-state index >= 15 is 0 Å². The fourth-order valence-electron chi connectivity index (χ4n) is 2.52. The molecule has 0 aliphatic carbocycles. The Morgan fingerprint density at radius 1 is 0.950 bits per heavy atom. The Kier molecular flexibility index (Phi) is 4.31. The Morgan fingerprint density at radius 3 is 2.45 bits per heavy atom. The second kappa shape index (κ2) is 6.55. The first-order valence-corrected chi connectivity index (χ1v) is 7.24. The molecule has 2 aromatic rings. The summed E-state index contributed by atoms with van der Waals surface area (Å²) in [5, 5.41) is 10.4. The summed E-state index contributed by atoms with van der Waals surface area (Å²) in [7, 11) is 0. The molecule has 0 unspecified atom stereocenters. The highest BCUT2D eigenvalue weighted by Gasteiger charge is 2.13. The monoisotopic (exact) mass is 267 g/mol. The number of rotatable bonds is 4. The Labute approximate surface area is 120 Å². The molecule has 3 rings (SSSR count). The number of hydrogen-bond acceptors (Lipinski definition) is 3. The van der Waals surface area contributed by atoms with Crippen molar-refractivity contribution in [2.24, 2.45) is 0 Å². The summed E-state index contributed by atoms with van der Waals surface area (Å²) in [6.07, 6.45) is 0. The second-order valence-electron chi connectivity index (χ2n) is 5.17. The summed E-state index contributed by atoms with van der Waals surface area (Å²) in [6.45, 7) is 3.98. The minimum Gasteiger partial charge on any atom is -0.381 e. The molecule has 1 fully saturated rings. The van der Waals surface area contributed by atoms with E-state index in [0.29, 0.717) is 6.04 Å². The number of piperazine rings is 1. The third-order valence-electron chi connectivity index (χ3n) is 3.69. The van der Waals surface area contributed by atoms with Gasteiger partial charge >= 0.3 is 0 Å². The van der Waals surface area contributed by atoms with Gasteiger partial charge in [-0.1, -0.05) is 42.5 Å². The molecule has 104 valence electrons. The molecule has 2 aromatic carbocycles. The van der Waals surface area contributed by atoms with Crippen LogP contribution in [0.3, 0.4) is 0 Å². The quantitative estimate of drug-likeness (QED) is 0.796. The molecule has 3 nitrogen and oxygen atoms in total.